The quantitative estimate of drug-likeness (QED) is 0.891. The highest BCUT2D eigenvalue weighted by Gasteiger charge is 2.15. The highest BCUT2D eigenvalue weighted by atomic mass is 32.2. The first-order valence-electron chi connectivity index (χ1n) is 6.32. The van der Waals surface area contributed by atoms with Gasteiger partial charge < -0.3 is 14.6 Å². The van der Waals surface area contributed by atoms with E-state index >= 15 is 0 Å². The van der Waals surface area contributed by atoms with Gasteiger partial charge in [-0.25, -0.2) is 0 Å². The Morgan fingerprint density at radius 2 is 1.89 bits per heavy atom. The second-order valence-electron chi connectivity index (χ2n) is 4.85. The first-order valence-corrected chi connectivity index (χ1v) is 7.47. The number of aliphatic hydroxyl groups excluding tert-OH is 1. The molecule has 0 saturated heterocycles. The second kappa shape index (κ2) is 6.34. The summed E-state index contributed by atoms with van der Waals surface area (Å²) in [5.41, 5.74) is 0.899. The third-order valence-electron chi connectivity index (χ3n) is 2.68. The van der Waals surface area contributed by atoms with Crippen LogP contribution in [0.1, 0.15) is 25.5 Å². The first kappa shape index (κ1) is 13.6. The van der Waals surface area contributed by atoms with Crippen molar-refractivity contribution >= 4 is 11.8 Å². The minimum Gasteiger partial charge on any atom is -0.486 e. The van der Waals surface area contributed by atoms with Crippen molar-refractivity contribution in [1.82, 2.24) is 0 Å². The number of rotatable bonds is 5. The van der Waals surface area contributed by atoms with E-state index in [0.717, 1.165) is 28.6 Å². The maximum atomic E-state index is 10.1. The molecule has 0 radical (unpaired) electrons. The lowest BCUT2D eigenvalue weighted by molar-refractivity contribution is 0.169. The summed E-state index contributed by atoms with van der Waals surface area (Å²) in [7, 11) is 0. The topological polar surface area (TPSA) is 38.7 Å². The lowest BCUT2D eigenvalue weighted by Gasteiger charge is -2.20. The molecule has 1 unspecified atom stereocenters. The van der Waals surface area contributed by atoms with E-state index in [1.807, 2.05) is 18.2 Å². The van der Waals surface area contributed by atoms with Crippen molar-refractivity contribution in [3.8, 4) is 11.5 Å². The van der Waals surface area contributed by atoms with Gasteiger partial charge in [0.25, 0.3) is 0 Å². The van der Waals surface area contributed by atoms with Crippen LogP contribution in [0, 0.1) is 5.92 Å². The van der Waals surface area contributed by atoms with Gasteiger partial charge in [-0.1, -0.05) is 19.9 Å². The van der Waals surface area contributed by atoms with Gasteiger partial charge in [0, 0.05) is 5.75 Å². The normalized spacial score (nSPS) is 15.8. The number of ether oxygens (including phenoxy) is 2. The molecule has 1 heterocycles. The third kappa shape index (κ3) is 3.56. The van der Waals surface area contributed by atoms with Gasteiger partial charge in [-0.2, -0.15) is 11.8 Å². The zero-order valence-electron chi connectivity index (χ0n) is 10.9. The Balaban J connectivity index is 1.95. The van der Waals surface area contributed by atoms with E-state index in [1.165, 1.54) is 0 Å². The summed E-state index contributed by atoms with van der Waals surface area (Å²) in [6, 6.07) is 5.67. The summed E-state index contributed by atoms with van der Waals surface area (Å²) in [5, 5.41) is 10.1. The Morgan fingerprint density at radius 3 is 2.61 bits per heavy atom. The molecular weight excluding hydrogens is 248 g/mol. The molecule has 1 aromatic carbocycles. The molecule has 18 heavy (non-hydrogen) atoms. The van der Waals surface area contributed by atoms with Crippen molar-refractivity contribution in [2.45, 2.75) is 20.0 Å². The van der Waals surface area contributed by atoms with E-state index in [4.69, 9.17) is 9.47 Å². The molecule has 100 valence electrons. The van der Waals surface area contributed by atoms with Gasteiger partial charge in [-0.05, 0) is 29.4 Å². The van der Waals surface area contributed by atoms with Crippen molar-refractivity contribution < 1.29 is 14.6 Å². The number of benzene rings is 1. The van der Waals surface area contributed by atoms with Crippen LogP contribution in [-0.4, -0.2) is 29.8 Å². The van der Waals surface area contributed by atoms with E-state index < -0.39 is 6.10 Å². The number of aliphatic hydroxyl groups is 1. The molecule has 0 aromatic heterocycles. The summed E-state index contributed by atoms with van der Waals surface area (Å²) in [5.74, 6) is 3.96. The molecule has 2 rings (SSSR count). The average molecular weight is 268 g/mol. The van der Waals surface area contributed by atoms with Gasteiger partial charge in [0.1, 0.15) is 13.2 Å². The molecule has 0 aliphatic carbocycles. The monoisotopic (exact) mass is 268 g/mol. The Morgan fingerprint density at radius 1 is 1.17 bits per heavy atom. The van der Waals surface area contributed by atoms with Gasteiger partial charge in [0.05, 0.1) is 6.10 Å². The van der Waals surface area contributed by atoms with E-state index in [9.17, 15) is 5.11 Å². The first-order chi connectivity index (χ1) is 8.66. The molecular formula is C14H20O3S. The molecule has 4 heteroatoms. The summed E-state index contributed by atoms with van der Waals surface area (Å²) in [6.45, 7) is 5.54. The average Bonchev–Trinajstić information content (AvgIpc) is 2.37. The van der Waals surface area contributed by atoms with E-state index in [-0.39, 0.29) is 0 Å². The van der Waals surface area contributed by atoms with Crippen LogP contribution in [-0.2, 0) is 0 Å². The van der Waals surface area contributed by atoms with Crippen LogP contribution >= 0.6 is 11.8 Å². The maximum absolute atomic E-state index is 10.1. The number of hydrogen-bond acceptors (Lipinski definition) is 4. The molecule has 1 aliphatic heterocycles. The molecule has 1 aromatic rings. The van der Waals surface area contributed by atoms with Gasteiger partial charge in [0.15, 0.2) is 11.5 Å². The fraction of sp³-hybridized carbons (Fsp3) is 0.571. The van der Waals surface area contributed by atoms with Crippen molar-refractivity contribution in [3.05, 3.63) is 23.8 Å². The van der Waals surface area contributed by atoms with Crippen molar-refractivity contribution in [2.24, 2.45) is 5.92 Å². The Bertz CT molecular complexity index is 393. The minimum atomic E-state index is -0.440. The minimum absolute atomic E-state index is 0.440. The highest BCUT2D eigenvalue weighted by molar-refractivity contribution is 7.99. The predicted octanol–water partition coefficient (Wildman–Crippen LogP) is 2.88. The van der Waals surface area contributed by atoms with Crippen LogP contribution in [0.2, 0.25) is 0 Å². The van der Waals surface area contributed by atoms with Gasteiger partial charge >= 0.3 is 0 Å². The van der Waals surface area contributed by atoms with Gasteiger partial charge in [-0.3, -0.25) is 0 Å². The SMILES string of the molecule is CC(C)CSCC(O)c1ccc2c(c1)OCCO2. The molecule has 3 nitrogen and oxygen atoms in total. The second-order valence-corrected chi connectivity index (χ2v) is 5.93. The zero-order chi connectivity index (χ0) is 13.0. The summed E-state index contributed by atoms with van der Waals surface area (Å²) in [4.78, 5) is 0. The molecule has 0 amide bonds. The van der Waals surface area contributed by atoms with E-state index in [0.29, 0.717) is 19.1 Å². The standard InChI is InChI=1S/C14H20O3S/c1-10(2)8-18-9-12(15)11-3-4-13-14(7-11)17-6-5-16-13/h3-4,7,10,12,15H,5-6,8-9H2,1-2H3. The molecule has 0 saturated carbocycles. The third-order valence-corrected chi connectivity index (χ3v) is 4.13. The van der Waals surface area contributed by atoms with E-state index in [1.54, 1.807) is 11.8 Å². The lowest BCUT2D eigenvalue weighted by atomic mass is 10.1. The van der Waals surface area contributed by atoms with Crippen LogP contribution in [0.25, 0.3) is 0 Å². The summed E-state index contributed by atoms with van der Waals surface area (Å²) < 4.78 is 11.0. The molecule has 1 aliphatic rings. The van der Waals surface area contributed by atoms with Crippen molar-refractivity contribution in [1.29, 1.82) is 0 Å². The smallest absolute Gasteiger partial charge is 0.161 e. The van der Waals surface area contributed by atoms with Crippen molar-refractivity contribution in [3.63, 3.8) is 0 Å². The maximum Gasteiger partial charge on any atom is 0.161 e. The largest absolute Gasteiger partial charge is 0.486 e. The Labute approximate surface area is 112 Å². The molecule has 0 spiro atoms. The van der Waals surface area contributed by atoms with Crippen LogP contribution in [0.5, 0.6) is 11.5 Å². The molecule has 0 bridgehead atoms. The number of thioether (sulfide) groups is 1. The fourth-order valence-corrected chi connectivity index (χ4v) is 2.80. The van der Waals surface area contributed by atoms with E-state index in [2.05, 4.69) is 13.8 Å². The van der Waals surface area contributed by atoms with Crippen LogP contribution in [0.3, 0.4) is 0 Å². The molecule has 1 atom stereocenters. The predicted molar refractivity (Wildman–Crippen MR) is 74.6 cm³/mol. The Hall–Kier alpha value is -0.870. The molecule has 0 fully saturated rings. The Kier molecular flexibility index (Phi) is 4.78. The van der Waals surface area contributed by atoms with Crippen molar-refractivity contribution in [2.75, 3.05) is 24.7 Å². The lowest BCUT2D eigenvalue weighted by Crippen LogP contribution is -2.15. The van der Waals surface area contributed by atoms with Crippen LogP contribution < -0.4 is 9.47 Å². The number of hydrogen-bond donors (Lipinski definition) is 1. The van der Waals surface area contributed by atoms with Gasteiger partial charge in [0.2, 0.25) is 0 Å². The van der Waals surface area contributed by atoms with Crippen LogP contribution in [0.15, 0.2) is 18.2 Å². The van der Waals surface area contributed by atoms with Gasteiger partial charge in [-0.15, -0.1) is 0 Å². The number of fused-ring (bicyclic) bond motifs is 1. The summed E-state index contributed by atoms with van der Waals surface area (Å²) in [6.07, 6.45) is -0.440. The highest BCUT2D eigenvalue weighted by Crippen LogP contribution is 2.33. The fourth-order valence-electron chi connectivity index (χ4n) is 1.78. The summed E-state index contributed by atoms with van der Waals surface area (Å²) >= 11 is 1.78. The molecule has 1 N–H and O–H groups in total. The van der Waals surface area contributed by atoms with Crippen LogP contribution in [0.4, 0.5) is 0 Å². The zero-order valence-corrected chi connectivity index (χ0v) is 11.7.